The first-order chi connectivity index (χ1) is 8.10. The molecule has 0 amide bonds. The van der Waals surface area contributed by atoms with Crippen LogP contribution in [-0.2, 0) is 16.4 Å². The van der Waals surface area contributed by atoms with Gasteiger partial charge >= 0.3 is 0 Å². The summed E-state index contributed by atoms with van der Waals surface area (Å²) >= 11 is 0. The molecule has 0 aliphatic heterocycles. The molecule has 4 nitrogen and oxygen atoms in total. The zero-order valence-corrected chi connectivity index (χ0v) is 10.7. The van der Waals surface area contributed by atoms with E-state index in [0.717, 1.165) is 5.69 Å². The lowest BCUT2D eigenvalue weighted by molar-refractivity contribution is 0.463. The van der Waals surface area contributed by atoms with Crippen molar-refractivity contribution in [2.75, 3.05) is 18.8 Å². The van der Waals surface area contributed by atoms with Gasteiger partial charge in [-0.25, -0.2) is 8.42 Å². The molecule has 0 aliphatic carbocycles. The molecular weight excluding hydrogens is 236 g/mol. The lowest BCUT2D eigenvalue weighted by Crippen LogP contribution is -2.33. The van der Waals surface area contributed by atoms with Crippen molar-refractivity contribution >= 4 is 10.0 Å². The van der Waals surface area contributed by atoms with Gasteiger partial charge in [-0.05, 0) is 12.1 Å². The van der Waals surface area contributed by atoms with Gasteiger partial charge in [-0.1, -0.05) is 18.9 Å². The highest BCUT2D eigenvalue weighted by Gasteiger charge is 2.19. The Kier molecular flexibility index (Phi) is 5.13. The van der Waals surface area contributed by atoms with Crippen molar-refractivity contribution in [3.63, 3.8) is 0 Å². The van der Waals surface area contributed by atoms with Gasteiger partial charge in [-0.3, -0.25) is 4.98 Å². The third-order valence-electron chi connectivity index (χ3n) is 2.36. The predicted octanol–water partition coefficient (Wildman–Crippen LogP) is 0.909. The third kappa shape index (κ3) is 4.17. The van der Waals surface area contributed by atoms with E-state index < -0.39 is 10.0 Å². The van der Waals surface area contributed by atoms with Crippen LogP contribution in [0, 0.1) is 12.3 Å². The monoisotopic (exact) mass is 252 g/mol. The van der Waals surface area contributed by atoms with Crippen LogP contribution in [0.2, 0.25) is 0 Å². The van der Waals surface area contributed by atoms with E-state index >= 15 is 0 Å². The summed E-state index contributed by atoms with van der Waals surface area (Å²) in [5.74, 6) is 2.40. The van der Waals surface area contributed by atoms with Crippen molar-refractivity contribution in [1.82, 2.24) is 9.29 Å². The fourth-order valence-corrected chi connectivity index (χ4v) is 2.81. The van der Waals surface area contributed by atoms with E-state index in [1.807, 2.05) is 12.1 Å². The van der Waals surface area contributed by atoms with Crippen LogP contribution in [0.5, 0.6) is 0 Å². The topological polar surface area (TPSA) is 50.3 Å². The number of rotatable bonds is 6. The molecule has 0 saturated carbocycles. The predicted molar refractivity (Wildman–Crippen MR) is 67.8 cm³/mol. The Balaban J connectivity index is 2.64. The average molecular weight is 252 g/mol. The lowest BCUT2D eigenvalue weighted by Gasteiger charge is -2.17. The minimum atomic E-state index is -3.28. The Hall–Kier alpha value is -1.38. The number of terminal acetylenes is 1. The number of pyridine rings is 1. The van der Waals surface area contributed by atoms with Crippen LogP contribution in [0.1, 0.15) is 12.6 Å². The average Bonchev–Trinajstić information content (AvgIpc) is 2.34. The van der Waals surface area contributed by atoms with Gasteiger partial charge in [0.25, 0.3) is 0 Å². The Morgan fingerprint density at radius 2 is 2.24 bits per heavy atom. The third-order valence-corrected chi connectivity index (χ3v) is 4.25. The minimum Gasteiger partial charge on any atom is -0.261 e. The number of aromatic nitrogens is 1. The Labute approximate surface area is 103 Å². The lowest BCUT2D eigenvalue weighted by atomic mass is 10.3. The van der Waals surface area contributed by atoms with Crippen molar-refractivity contribution in [2.45, 2.75) is 13.3 Å². The second-order valence-corrected chi connectivity index (χ2v) is 5.61. The molecule has 0 spiro atoms. The van der Waals surface area contributed by atoms with Gasteiger partial charge in [-0.2, -0.15) is 4.31 Å². The number of hydrogen-bond acceptors (Lipinski definition) is 3. The SMILES string of the molecule is C#CCN(CC)S(=O)(=O)CCc1ccccn1. The quantitative estimate of drug-likeness (QED) is 0.707. The van der Waals surface area contributed by atoms with E-state index in [9.17, 15) is 8.42 Å². The van der Waals surface area contributed by atoms with E-state index in [1.54, 1.807) is 19.2 Å². The van der Waals surface area contributed by atoms with E-state index in [0.29, 0.717) is 13.0 Å². The molecule has 17 heavy (non-hydrogen) atoms. The van der Waals surface area contributed by atoms with Crippen LogP contribution in [-0.4, -0.2) is 36.5 Å². The molecule has 5 heteroatoms. The first-order valence-electron chi connectivity index (χ1n) is 5.41. The van der Waals surface area contributed by atoms with Crippen LogP contribution in [0.4, 0.5) is 0 Å². The van der Waals surface area contributed by atoms with E-state index in [1.165, 1.54) is 4.31 Å². The summed E-state index contributed by atoms with van der Waals surface area (Å²) in [5.41, 5.74) is 0.771. The maximum Gasteiger partial charge on any atom is 0.215 e. The molecule has 92 valence electrons. The van der Waals surface area contributed by atoms with Crippen LogP contribution in [0.25, 0.3) is 0 Å². The van der Waals surface area contributed by atoms with Gasteiger partial charge in [0.05, 0.1) is 12.3 Å². The van der Waals surface area contributed by atoms with Crippen LogP contribution in [0.15, 0.2) is 24.4 Å². The smallest absolute Gasteiger partial charge is 0.215 e. The second-order valence-electron chi connectivity index (χ2n) is 3.52. The minimum absolute atomic E-state index is 0.0412. The Morgan fingerprint density at radius 3 is 2.76 bits per heavy atom. The molecule has 1 aromatic rings. The molecule has 1 heterocycles. The molecule has 0 atom stereocenters. The molecule has 1 aromatic heterocycles. The zero-order chi connectivity index (χ0) is 12.7. The maximum atomic E-state index is 11.9. The highest BCUT2D eigenvalue weighted by atomic mass is 32.2. The molecule has 0 unspecified atom stereocenters. The Bertz CT molecular complexity index is 477. The van der Waals surface area contributed by atoms with Crippen LogP contribution >= 0.6 is 0 Å². The van der Waals surface area contributed by atoms with Crippen LogP contribution in [0.3, 0.4) is 0 Å². The summed E-state index contributed by atoms with van der Waals surface area (Å²) in [6, 6.07) is 5.45. The summed E-state index contributed by atoms with van der Waals surface area (Å²) in [5, 5.41) is 0. The molecular formula is C12H16N2O2S. The first-order valence-corrected chi connectivity index (χ1v) is 7.02. The molecule has 0 aliphatic rings. The van der Waals surface area contributed by atoms with Gasteiger partial charge in [0.2, 0.25) is 10.0 Å². The van der Waals surface area contributed by atoms with Gasteiger partial charge in [-0.15, -0.1) is 6.42 Å². The summed E-state index contributed by atoms with van der Waals surface area (Å²) in [7, 11) is -3.28. The summed E-state index contributed by atoms with van der Waals surface area (Å²) < 4.78 is 25.2. The van der Waals surface area contributed by atoms with Gasteiger partial charge in [0.1, 0.15) is 0 Å². The molecule has 0 saturated heterocycles. The van der Waals surface area contributed by atoms with Gasteiger partial charge in [0.15, 0.2) is 0 Å². The summed E-state index contributed by atoms with van der Waals surface area (Å²) in [6.07, 6.45) is 7.20. The molecule has 0 fully saturated rings. The number of hydrogen-bond donors (Lipinski definition) is 0. The normalized spacial score (nSPS) is 11.4. The number of sulfonamides is 1. The van der Waals surface area contributed by atoms with E-state index in [2.05, 4.69) is 10.9 Å². The highest BCUT2D eigenvalue weighted by molar-refractivity contribution is 7.89. The zero-order valence-electron chi connectivity index (χ0n) is 9.83. The molecule has 0 radical (unpaired) electrons. The number of nitrogens with zero attached hydrogens (tertiary/aromatic N) is 2. The summed E-state index contributed by atoms with van der Waals surface area (Å²) in [4.78, 5) is 4.09. The highest BCUT2D eigenvalue weighted by Crippen LogP contribution is 2.04. The molecule has 0 bridgehead atoms. The Morgan fingerprint density at radius 1 is 1.47 bits per heavy atom. The second kappa shape index (κ2) is 6.38. The molecule has 0 aromatic carbocycles. The first kappa shape index (κ1) is 13.7. The van der Waals surface area contributed by atoms with E-state index in [4.69, 9.17) is 6.42 Å². The molecule has 0 N–H and O–H groups in total. The standard InChI is InChI=1S/C12H16N2O2S/c1-3-10-14(4-2)17(15,16)11-8-12-7-5-6-9-13-12/h1,5-7,9H,4,8,10-11H2,2H3. The van der Waals surface area contributed by atoms with Crippen molar-refractivity contribution in [3.8, 4) is 12.3 Å². The van der Waals surface area contributed by atoms with Crippen molar-refractivity contribution < 1.29 is 8.42 Å². The molecule has 1 rings (SSSR count). The summed E-state index contributed by atoms with van der Waals surface area (Å²) in [6.45, 7) is 2.30. The van der Waals surface area contributed by atoms with Crippen molar-refractivity contribution in [2.24, 2.45) is 0 Å². The van der Waals surface area contributed by atoms with Crippen molar-refractivity contribution in [1.29, 1.82) is 0 Å². The van der Waals surface area contributed by atoms with Gasteiger partial charge in [0, 0.05) is 24.9 Å². The fourth-order valence-electron chi connectivity index (χ4n) is 1.42. The maximum absolute atomic E-state index is 11.9. The number of aryl methyl sites for hydroxylation is 1. The largest absolute Gasteiger partial charge is 0.261 e. The fraction of sp³-hybridized carbons (Fsp3) is 0.417. The van der Waals surface area contributed by atoms with Crippen molar-refractivity contribution in [3.05, 3.63) is 30.1 Å². The van der Waals surface area contributed by atoms with E-state index in [-0.39, 0.29) is 12.3 Å². The van der Waals surface area contributed by atoms with Crippen LogP contribution < -0.4 is 0 Å². The van der Waals surface area contributed by atoms with Gasteiger partial charge < -0.3 is 0 Å².